The first-order chi connectivity index (χ1) is 17.1. The first-order valence-electron chi connectivity index (χ1n) is 13.2. The highest BCUT2D eigenvalue weighted by atomic mass is 19.1. The SMILES string of the molecule is CCCCCCC[C@H]1CC[C@H](CCCOc2ccc(C(=O)Oc3ccc(C#N)cc3F)cc2)CC1. The van der Waals surface area contributed by atoms with Gasteiger partial charge in [-0.15, -0.1) is 0 Å². The minimum absolute atomic E-state index is 0.171. The van der Waals surface area contributed by atoms with Gasteiger partial charge in [0.2, 0.25) is 0 Å². The molecule has 1 aliphatic rings. The fraction of sp³-hybridized carbons (Fsp3) is 0.533. The molecular weight excluding hydrogens is 441 g/mol. The summed E-state index contributed by atoms with van der Waals surface area (Å²) in [6.07, 6.45) is 16.1. The first-order valence-corrected chi connectivity index (χ1v) is 13.2. The average Bonchev–Trinajstić information content (AvgIpc) is 2.88. The van der Waals surface area contributed by atoms with Crippen molar-refractivity contribution < 1.29 is 18.7 Å². The van der Waals surface area contributed by atoms with Crippen molar-refractivity contribution in [3.63, 3.8) is 0 Å². The lowest BCUT2D eigenvalue weighted by Gasteiger charge is -2.28. The molecule has 1 aliphatic carbocycles. The summed E-state index contributed by atoms with van der Waals surface area (Å²) < 4.78 is 24.9. The quantitative estimate of drug-likeness (QED) is 0.165. The number of benzene rings is 2. The van der Waals surface area contributed by atoms with Crippen LogP contribution in [0.4, 0.5) is 4.39 Å². The van der Waals surface area contributed by atoms with Crippen molar-refractivity contribution in [2.45, 2.75) is 84.0 Å². The summed E-state index contributed by atoms with van der Waals surface area (Å²) in [6.45, 7) is 2.93. The van der Waals surface area contributed by atoms with E-state index in [-0.39, 0.29) is 11.3 Å². The fourth-order valence-corrected chi connectivity index (χ4v) is 4.91. The molecule has 0 amide bonds. The summed E-state index contributed by atoms with van der Waals surface area (Å²) in [5.74, 6) is 0.885. The van der Waals surface area contributed by atoms with E-state index < -0.39 is 11.8 Å². The zero-order valence-corrected chi connectivity index (χ0v) is 20.9. The molecule has 0 N–H and O–H groups in total. The molecule has 1 fully saturated rings. The molecule has 0 unspecified atom stereocenters. The lowest BCUT2D eigenvalue weighted by Crippen LogP contribution is -2.15. The van der Waals surface area contributed by atoms with Gasteiger partial charge in [-0.05, 0) is 67.1 Å². The van der Waals surface area contributed by atoms with Crippen LogP contribution in [0.5, 0.6) is 11.5 Å². The smallest absolute Gasteiger partial charge is 0.343 e. The normalized spacial score (nSPS) is 17.5. The van der Waals surface area contributed by atoms with Crippen LogP contribution in [0.2, 0.25) is 0 Å². The molecule has 4 nitrogen and oxygen atoms in total. The Morgan fingerprint density at radius 3 is 2.23 bits per heavy atom. The van der Waals surface area contributed by atoms with Gasteiger partial charge >= 0.3 is 5.97 Å². The van der Waals surface area contributed by atoms with E-state index in [2.05, 4.69) is 6.92 Å². The van der Waals surface area contributed by atoms with Gasteiger partial charge in [-0.1, -0.05) is 71.1 Å². The number of ether oxygens (including phenoxy) is 2. The fourth-order valence-electron chi connectivity index (χ4n) is 4.91. The van der Waals surface area contributed by atoms with Crippen LogP contribution in [0.25, 0.3) is 0 Å². The van der Waals surface area contributed by atoms with Gasteiger partial charge in [-0.2, -0.15) is 5.26 Å². The predicted octanol–water partition coefficient (Wildman–Crippen LogP) is 8.24. The van der Waals surface area contributed by atoms with E-state index in [1.54, 1.807) is 24.3 Å². The monoisotopic (exact) mass is 479 g/mol. The van der Waals surface area contributed by atoms with Crippen LogP contribution in [0, 0.1) is 29.0 Å². The van der Waals surface area contributed by atoms with Gasteiger partial charge in [-0.3, -0.25) is 0 Å². The highest BCUT2D eigenvalue weighted by Crippen LogP contribution is 2.34. The number of esters is 1. The Balaban J connectivity index is 1.31. The van der Waals surface area contributed by atoms with Crippen LogP contribution in [-0.4, -0.2) is 12.6 Å². The number of halogens is 1. The summed E-state index contributed by atoms with van der Waals surface area (Å²) in [6, 6.07) is 12.3. The number of carbonyl (C=O) groups excluding carboxylic acids is 1. The highest BCUT2D eigenvalue weighted by molar-refractivity contribution is 5.91. The number of hydrogen-bond donors (Lipinski definition) is 0. The van der Waals surface area contributed by atoms with Gasteiger partial charge in [0, 0.05) is 0 Å². The van der Waals surface area contributed by atoms with E-state index in [1.807, 2.05) is 6.07 Å². The lowest BCUT2D eigenvalue weighted by molar-refractivity contribution is 0.0728. The standard InChI is InChI=1S/C30H38FNO3/c1-2-3-4-5-6-8-23-10-12-24(13-11-23)9-7-20-34-27-17-15-26(16-18-27)30(33)35-29-19-14-25(22-32)21-28(29)31/h14-19,21,23-24H,2-13,20H2,1H3/t23-,24-. The number of unbranched alkanes of at least 4 members (excludes halogenated alkanes) is 4. The second-order valence-electron chi connectivity index (χ2n) is 9.75. The minimum Gasteiger partial charge on any atom is -0.494 e. The Hall–Kier alpha value is -2.87. The third-order valence-electron chi connectivity index (χ3n) is 7.06. The Morgan fingerprint density at radius 2 is 1.60 bits per heavy atom. The van der Waals surface area contributed by atoms with E-state index in [4.69, 9.17) is 14.7 Å². The van der Waals surface area contributed by atoms with Gasteiger partial charge in [0.15, 0.2) is 11.6 Å². The molecule has 188 valence electrons. The molecule has 0 aromatic heterocycles. The van der Waals surface area contributed by atoms with Gasteiger partial charge in [0.25, 0.3) is 0 Å². The lowest BCUT2D eigenvalue weighted by atomic mass is 9.78. The number of nitrogens with zero attached hydrogens (tertiary/aromatic N) is 1. The summed E-state index contributed by atoms with van der Waals surface area (Å²) >= 11 is 0. The maximum absolute atomic E-state index is 13.9. The van der Waals surface area contributed by atoms with Gasteiger partial charge < -0.3 is 9.47 Å². The van der Waals surface area contributed by atoms with Crippen LogP contribution >= 0.6 is 0 Å². The molecule has 0 bridgehead atoms. The topological polar surface area (TPSA) is 59.3 Å². The number of carbonyl (C=O) groups is 1. The van der Waals surface area contributed by atoms with Crippen LogP contribution in [0.15, 0.2) is 42.5 Å². The first kappa shape index (κ1) is 26.7. The van der Waals surface area contributed by atoms with E-state index in [9.17, 15) is 9.18 Å². The largest absolute Gasteiger partial charge is 0.494 e. The molecule has 0 radical (unpaired) electrons. The average molecular weight is 480 g/mol. The van der Waals surface area contributed by atoms with E-state index in [0.717, 1.165) is 24.3 Å². The third-order valence-corrected chi connectivity index (χ3v) is 7.06. The van der Waals surface area contributed by atoms with Crippen molar-refractivity contribution >= 4 is 5.97 Å². The van der Waals surface area contributed by atoms with Gasteiger partial charge in [0.1, 0.15) is 5.75 Å². The summed E-state index contributed by atoms with van der Waals surface area (Å²) in [7, 11) is 0. The molecule has 5 heteroatoms. The Kier molecular flexibility index (Phi) is 11.1. The Labute approximate surface area is 209 Å². The molecule has 2 aromatic rings. The van der Waals surface area contributed by atoms with Crippen LogP contribution in [0.3, 0.4) is 0 Å². The van der Waals surface area contributed by atoms with Crippen LogP contribution in [-0.2, 0) is 0 Å². The molecule has 0 spiro atoms. The molecule has 1 saturated carbocycles. The molecule has 0 heterocycles. The number of hydrogen-bond acceptors (Lipinski definition) is 4. The molecule has 0 saturated heterocycles. The number of rotatable bonds is 13. The molecule has 35 heavy (non-hydrogen) atoms. The van der Waals surface area contributed by atoms with E-state index in [1.165, 1.54) is 82.8 Å². The van der Waals surface area contributed by atoms with Crippen molar-refractivity contribution in [3.05, 3.63) is 59.4 Å². The molecular formula is C30H38FNO3. The van der Waals surface area contributed by atoms with E-state index >= 15 is 0 Å². The maximum atomic E-state index is 13.9. The zero-order valence-electron chi connectivity index (χ0n) is 20.9. The molecule has 0 aliphatic heterocycles. The summed E-state index contributed by atoms with van der Waals surface area (Å²) in [5, 5.41) is 8.80. The third kappa shape index (κ3) is 9.02. The minimum atomic E-state index is -0.742. The van der Waals surface area contributed by atoms with Crippen molar-refractivity contribution in [3.8, 4) is 17.6 Å². The molecule has 0 atom stereocenters. The van der Waals surface area contributed by atoms with Gasteiger partial charge in [0.05, 0.1) is 23.8 Å². The Bertz CT molecular complexity index is 959. The summed E-state index contributed by atoms with van der Waals surface area (Å²) in [5.41, 5.74) is 0.480. The van der Waals surface area contributed by atoms with Gasteiger partial charge in [-0.25, -0.2) is 9.18 Å². The number of nitriles is 1. The molecule has 2 aromatic carbocycles. The van der Waals surface area contributed by atoms with Crippen LogP contribution in [0.1, 0.15) is 99.9 Å². The van der Waals surface area contributed by atoms with Crippen molar-refractivity contribution in [2.75, 3.05) is 6.61 Å². The van der Waals surface area contributed by atoms with Crippen molar-refractivity contribution in [1.82, 2.24) is 0 Å². The van der Waals surface area contributed by atoms with Crippen LogP contribution < -0.4 is 9.47 Å². The predicted molar refractivity (Wildman–Crippen MR) is 136 cm³/mol. The van der Waals surface area contributed by atoms with Crippen molar-refractivity contribution in [1.29, 1.82) is 5.26 Å². The van der Waals surface area contributed by atoms with Crippen molar-refractivity contribution in [2.24, 2.45) is 11.8 Å². The van der Waals surface area contributed by atoms with E-state index in [0.29, 0.717) is 17.9 Å². The molecule has 3 rings (SSSR count). The second-order valence-corrected chi connectivity index (χ2v) is 9.75. The Morgan fingerprint density at radius 1 is 0.943 bits per heavy atom. The second kappa shape index (κ2) is 14.5. The summed E-state index contributed by atoms with van der Waals surface area (Å²) in [4.78, 5) is 12.3. The highest BCUT2D eigenvalue weighted by Gasteiger charge is 2.20. The zero-order chi connectivity index (χ0) is 24.9. The maximum Gasteiger partial charge on any atom is 0.343 e.